The summed E-state index contributed by atoms with van der Waals surface area (Å²) in [4.78, 5) is 17.5. The van der Waals surface area contributed by atoms with Gasteiger partial charge in [-0.3, -0.25) is 0 Å². The smallest absolute Gasteiger partial charge is 0.379 e. The third-order valence-electron chi connectivity index (χ3n) is 2.96. The highest BCUT2D eigenvalue weighted by molar-refractivity contribution is 5.99. The van der Waals surface area contributed by atoms with Gasteiger partial charge in [-0.25, -0.2) is 9.42 Å². The van der Waals surface area contributed by atoms with Crippen molar-refractivity contribution in [3.05, 3.63) is 5.69 Å². The average Bonchev–Trinajstić information content (AvgIpc) is 2.83. The lowest BCUT2D eigenvalue weighted by Crippen LogP contribution is -3.13. The van der Waals surface area contributed by atoms with Gasteiger partial charge in [0.1, 0.15) is 0 Å². The van der Waals surface area contributed by atoms with E-state index in [1.807, 2.05) is 0 Å². The van der Waals surface area contributed by atoms with Gasteiger partial charge in [-0.05, 0) is 29.6 Å². The molecule has 1 aromatic heterocycles. The highest BCUT2D eigenvalue weighted by Crippen LogP contribution is 2.03. The Morgan fingerprint density at radius 1 is 1.37 bits per heavy atom. The predicted octanol–water partition coefficient (Wildman–Crippen LogP) is -2.12. The standard InChI is InChI=1S/C10H16N6O3/c11-9(8-10(12)15-19-13-8)14-18-7(17)6-16-4-2-1-3-5-16/h1-6H2,(H2,11,14)(H2,12,15)/p+1. The van der Waals surface area contributed by atoms with Gasteiger partial charge in [-0.15, -0.1) is 0 Å². The molecule has 1 saturated heterocycles. The summed E-state index contributed by atoms with van der Waals surface area (Å²) in [6, 6.07) is 0. The molecule has 0 saturated carbocycles. The van der Waals surface area contributed by atoms with Crippen molar-refractivity contribution < 1.29 is 19.2 Å². The van der Waals surface area contributed by atoms with Crippen LogP contribution < -0.4 is 16.4 Å². The zero-order valence-corrected chi connectivity index (χ0v) is 10.5. The molecule has 1 aromatic rings. The fourth-order valence-corrected chi connectivity index (χ4v) is 1.98. The van der Waals surface area contributed by atoms with E-state index in [0.717, 1.165) is 25.9 Å². The van der Waals surface area contributed by atoms with Gasteiger partial charge in [0.25, 0.3) is 0 Å². The number of nitrogen functional groups attached to an aromatic ring is 1. The number of amidine groups is 1. The minimum Gasteiger partial charge on any atom is -0.379 e. The topological polar surface area (TPSA) is 134 Å². The third-order valence-corrected chi connectivity index (χ3v) is 2.96. The summed E-state index contributed by atoms with van der Waals surface area (Å²) in [6.45, 7) is 2.24. The Morgan fingerprint density at radius 2 is 2.11 bits per heavy atom. The number of anilines is 1. The number of carbonyl (C=O) groups is 1. The fourth-order valence-electron chi connectivity index (χ4n) is 1.98. The predicted molar refractivity (Wildman–Crippen MR) is 64.9 cm³/mol. The van der Waals surface area contributed by atoms with Crippen molar-refractivity contribution >= 4 is 17.6 Å². The van der Waals surface area contributed by atoms with Gasteiger partial charge in [0.05, 0.1) is 13.1 Å². The Kier molecular flexibility index (Phi) is 4.29. The van der Waals surface area contributed by atoms with Crippen LogP contribution in [0.3, 0.4) is 0 Å². The molecule has 5 N–H and O–H groups in total. The summed E-state index contributed by atoms with van der Waals surface area (Å²) in [7, 11) is 0. The Labute approximate surface area is 109 Å². The number of nitrogens with zero attached hydrogens (tertiary/aromatic N) is 3. The van der Waals surface area contributed by atoms with Crippen molar-refractivity contribution in [2.24, 2.45) is 10.9 Å². The molecule has 2 heterocycles. The van der Waals surface area contributed by atoms with Crippen LogP contribution >= 0.6 is 0 Å². The molecule has 1 fully saturated rings. The summed E-state index contributed by atoms with van der Waals surface area (Å²) in [5.41, 5.74) is 11.0. The van der Waals surface area contributed by atoms with E-state index in [4.69, 9.17) is 16.3 Å². The normalized spacial score (nSPS) is 17.4. The summed E-state index contributed by atoms with van der Waals surface area (Å²) in [5, 5.41) is 10.3. The number of nitrogens with two attached hydrogens (primary N) is 2. The minimum absolute atomic E-state index is 0.000968. The molecule has 0 bridgehead atoms. The quantitative estimate of drug-likeness (QED) is 0.246. The molecule has 0 atom stereocenters. The number of hydrogen-bond donors (Lipinski definition) is 3. The molecule has 9 nitrogen and oxygen atoms in total. The zero-order valence-electron chi connectivity index (χ0n) is 10.5. The first-order chi connectivity index (χ1) is 9.16. The van der Waals surface area contributed by atoms with Crippen molar-refractivity contribution in [3.8, 4) is 0 Å². The molecule has 0 radical (unpaired) electrons. The highest BCUT2D eigenvalue weighted by atomic mass is 16.7. The van der Waals surface area contributed by atoms with Crippen molar-refractivity contribution in [2.45, 2.75) is 19.3 Å². The van der Waals surface area contributed by atoms with Crippen LogP contribution in [0.4, 0.5) is 5.82 Å². The summed E-state index contributed by atoms with van der Waals surface area (Å²) in [5.74, 6) is -0.574. The second-order valence-corrected chi connectivity index (χ2v) is 4.43. The molecule has 9 heteroatoms. The molecule has 0 amide bonds. The first-order valence-corrected chi connectivity index (χ1v) is 6.12. The summed E-state index contributed by atoms with van der Waals surface area (Å²) < 4.78 is 4.36. The molecule has 0 unspecified atom stereocenters. The number of aromatic nitrogens is 2. The van der Waals surface area contributed by atoms with E-state index in [-0.39, 0.29) is 23.9 Å². The second-order valence-electron chi connectivity index (χ2n) is 4.43. The Morgan fingerprint density at radius 3 is 2.74 bits per heavy atom. The fraction of sp³-hybridized carbons (Fsp3) is 0.600. The lowest BCUT2D eigenvalue weighted by molar-refractivity contribution is -0.897. The van der Waals surface area contributed by atoms with Gasteiger partial charge < -0.3 is 21.2 Å². The molecular formula is C10H17N6O3+. The second kappa shape index (κ2) is 6.14. The van der Waals surface area contributed by atoms with Gasteiger partial charge in [0.15, 0.2) is 23.9 Å². The number of hydrogen-bond acceptors (Lipinski definition) is 7. The lowest BCUT2D eigenvalue weighted by Gasteiger charge is -2.21. The number of nitrogens with one attached hydrogen (secondary N) is 1. The molecule has 1 aliphatic rings. The third kappa shape index (κ3) is 3.65. The molecule has 104 valence electrons. The Balaban J connectivity index is 1.83. The van der Waals surface area contributed by atoms with Crippen molar-refractivity contribution in [1.29, 1.82) is 0 Å². The largest absolute Gasteiger partial charge is 0.388 e. The maximum Gasteiger partial charge on any atom is 0.388 e. The van der Waals surface area contributed by atoms with Gasteiger partial charge >= 0.3 is 5.97 Å². The summed E-state index contributed by atoms with van der Waals surface area (Å²) in [6.07, 6.45) is 3.49. The molecule has 2 rings (SSSR count). The van der Waals surface area contributed by atoms with E-state index in [1.165, 1.54) is 11.3 Å². The molecule has 19 heavy (non-hydrogen) atoms. The van der Waals surface area contributed by atoms with E-state index in [0.29, 0.717) is 0 Å². The maximum absolute atomic E-state index is 11.6. The number of oxime groups is 1. The molecular weight excluding hydrogens is 252 g/mol. The van der Waals surface area contributed by atoms with Crippen LogP contribution in [-0.4, -0.2) is 41.8 Å². The molecule has 1 aliphatic heterocycles. The van der Waals surface area contributed by atoms with E-state index < -0.39 is 5.97 Å². The summed E-state index contributed by atoms with van der Waals surface area (Å²) >= 11 is 0. The monoisotopic (exact) mass is 269 g/mol. The average molecular weight is 269 g/mol. The van der Waals surface area contributed by atoms with Gasteiger partial charge in [0.2, 0.25) is 0 Å². The maximum atomic E-state index is 11.6. The zero-order chi connectivity index (χ0) is 13.7. The first-order valence-electron chi connectivity index (χ1n) is 6.12. The van der Waals surface area contributed by atoms with Gasteiger partial charge in [0, 0.05) is 0 Å². The number of rotatable bonds is 4. The van der Waals surface area contributed by atoms with Crippen LogP contribution in [-0.2, 0) is 9.63 Å². The highest BCUT2D eigenvalue weighted by Gasteiger charge is 2.19. The number of likely N-dealkylation sites (tertiary alicyclic amines) is 1. The van der Waals surface area contributed by atoms with Crippen molar-refractivity contribution in [2.75, 3.05) is 25.4 Å². The van der Waals surface area contributed by atoms with E-state index in [1.54, 1.807) is 0 Å². The van der Waals surface area contributed by atoms with Crippen LogP contribution in [0.25, 0.3) is 0 Å². The van der Waals surface area contributed by atoms with E-state index >= 15 is 0 Å². The first kappa shape index (κ1) is 13.3. The molecule has 0 aliphatic carbocycles. The van der Waals surface area contributed by atoms with Crippen molar-refractivity contribution in [1.82, 2.24) is 10.3 Å². The van der Waals surface area contributed by atoms with Crippen LogP contribution in [0.15, 0.2) is 9.78 Å². The van der Waals surface area contributed by atoms with Gasteiger partial charge in [-0.1, -0.05) is 5.16 Å². The van der Waals surface area contributed by atoms with Crippen LogP contribution in [0.1, 0.15) is 25.0 Å². The molecule has 0 spiro atoms. The van der Waals surface area contributed by atoms with Crippen LogP contribution in [0, 0.1) is 0 Å². The number of carbonyl (C=O) groups excluding carboxylic acids is 1. The van der Waals surface area contributed by atoms with E-state index in [2.05, 4.69) is 20.1 Å². The lowest BCUT2D eigenvalue weighted by atomic mass is 10.1. The molecule has 0 aromatic carbocycles. The Hall–Kier alpha value is -2.16. The van der Waals surface area contributed by atoms with Crippen molar-refractivity contribution in [3.63, 3.8) is 0 Å². The minimum atomic E-state index is -0.435. The van der Waals surface area contributed by atoms with Crippen LogP contribution in [0.5, 0.6) is 0 Å². The number of quaternary nitrogens is 1. The number of piperidine rings is 1. The Bertz CT molecular complexity index is 466. The van der Waals surface area contributed by atoms with Crippen LogP contribution in [0.2, 0.25) is 0 Å². The van der Waals surface area contributed by atoms with E-state index in [9.17, 15) is 4.79 Å². The SMILES string of the molecule is NC(=NOC(=O)C[NH+]1CCCCC1)c1nonc1N. The van der Waals surface area contributed by atoms with Gasteiger partial charge in [-0.2, -0.15) is 0 Å².